The molecule has 0 aliphatic rings. The summed E-state index contributed by atoms with van der Waals surface area (Å²) in [5.41, 5.74) is 3.48. The number of carbonyl (C=O) groups excluding carboxylic acids is 1. The lowest BCUT2D eigenvalue weighted by Crippen LogP contribution is -2.09. The van der Waals surface area contributed by atoms with Gasteiger partial charge in [-0.3, -0.25) is 4.79 Å². The molecular weight excluding hydrogens is 316 g/mol. The van der Waals surface area contributed by atoms with Gasteiger partial charge in [-0.15, -0.1) is 0 Å². The van der Waals surface area contributed by atoms with Crippen LogP contribution in [0.15, 0.2) is 36.4 Å². The minimum Gasteiger partial charge on any atom is -0.508 e. The van der Waals surface area contributed by atoms with Crippen molar-refractivity contribution in [2.24, 2.45) is 0 Å². The van der Waals surface area contributed by atoms with Crippen LogP contribution in [0.25, 0.3) is 0 Å². The van der Waals surface area contributed by atoms with Gasteiger partial charge < -0.3 is 5.11 Å². The summed E-state index contributed by atoms with van der Waals surface area (Å²) < 4.78 is 0. The first-order valence-corrected chi connectivity index (χ1v) is 7.74. The zero-order valence-corrected chi connectivity index (χ0v) is 14.1. The van der Waals surface area contributed by atoms with Gasteiger partial charge in [0.15, 0.2) is 5.78 Å². The fourth-order valence-corrected chi connectivity index (χ4v) is 2.83. The van der Waals surface area contributed by atoms with Gasteiger partial charge in [-0.25, -0.2) is 0 Å². The third-order valence-corrected chi connectivity index (χ3v) is 3.86. The molecule has 0 saturated carbocycles. The Hall–Kier alpha value is -1.71. The average Bonchev–Trinajstić information content (AvgIpc) is 2.40. The van der Waals surface area contributed by atoms with Gasteiger partial charge >= 0.3 is 0 Å². The van der Waals surface area contributed by atoms with Gasteiger partial charge in [-0.2, -0.15) is 0 Å². The number of phenolic OH excluding ortho intramolecular Hbond substituents is 1. The average molecular weight is 333 g/mol. The zero-order chi connectivity index (χ0) is 16.3. The van der Waals surface area contributed by atoms with E-state index in [1.807, 2.05) is 32.0 Å². The molecule has 4 heteroatoms. The highest BCUT2D eigenvalue weighted by Crippen LogP contribution is 2.23. The maximum absolute atomic E-state index is 12.3. The van der Waals surface area contributed by atoms with E-state index in [2.05, 4.69) is 0 Å². The molecular formula is C18H17ClO2S. The van der Waals surface area contributed by atoms with Crippen LogP contribution in [0.5, 0.6) is 5.75 Å². The maximum atomic E-state index is 12.3. The maximum Gasteiger partial charge on any atom is 0.167 e. The minimum absolute atomic E-state index is 0.00486. The van der Waals surface area contributed by atoms with Gasteiger partial charge in [0.25, 0.3) is 0 Å². The van der Waals surface area contributed by atoms with E-state index in [1.165, 1.54) is 6.07 Å². The van der Waals surface area contributed by atoms with Gasteiger partial charge in [0.1, 0.15) is 5.75 Å². The van der Waals surface area contributed by atoms with Crippen LogP contribution in [-0.2, 0) is 6.42 Å². The second-order valence-corrected chi connectivity index (χ2v) is 6.48. The topological polar surface area (TPSA) is 37.3 Å². The van der Waals surface area contributed by atoms with E-state index in [0.717, 1.165) is 11.1 Å². The lowest BCUT2D eigenvalue weighted by atomic mass is 9.99. The minimum atomic E-state index is 0.00486. The summed E-state index contributed by atoms with van der Waals surface area (Å²) >= 11 is 11.1. The molecule has 0 aliphatic heterocycles. The second-order valence-electron chi connectivity index (χ2n) is 5.46. The summed E-state index contributed by atoms with van der Waals surface area (Å²) in [5, 5.41) is 10.3. The molecule has 0 atom stereocenters. The summed E-state index contributed by atoms with van der Waals surface area (Å²) in [5.74, 6) is 0.110. The molecule has 0 spiro atoms. The highest BCUT2D eigenvalue weighted by atomic mass is 35.5. The molecule has 2 nitrogen and oxygen atoms in total. The van der Waals surface area contributed by atoms with Gasteiger partial charge in [-0.1, -0.05) is 47.1 Å². The molecule has 0 saturated heterocycles. The number of hydrogen-bond acceptors (Lipinski definition) is 3. The van der Waals surface area contributed by atoms with E-state index in [0.29, 0.717) is 27.4 Å². The van der Waals surface area contributed by atoms with Crippen LogP contribution in [0.1, 0.15) is 33.5 Å². The number of ketones is 1. The fraction of sp³-hybridized carbons (Fsp3) is 0.222. The SMILES string of the molecule is Cc1cc(C)cc(C(=O)CC(=S)Cc2ccc(Cl)cc2O)c1. The molecule has 0 heterocycles. The molecule has 2 aromatic rings. The van der Waals surface area contributed by atoms with Crippen molar-refractivity contribution in [3.8, 4) is 5.75 Å². The van der Waals surface area contributed by atoms with Gasteiger partial charge in [0, 0.05) is 28.3 Å². The molecule has 2 rings (SSSR count). The van der Waals surface area contributed by atoms with Crippen LogP contribution in [0, 0.1) is 13.8 Å². The number of Topliss-reactive ketones (excluding diaryl/α,β-unsaturated/α-hetero) is 1. The number of rotatable bonds is 5. The van der Waals surface area contributed by atoms with Crippen molar-refractivity contribution < 1.29 is 9.90 Å². The molecule has 22 heavy (non-hydrogen) atoms. The van der Waals surface area contributed by atoms with Crippen molar-refractivity contribution in [1.29, 1.82) is 0 Å². The van der Waals surface area contributed by atoms with Crippen molar-refractivity contribution in [2.75, 3.05) is 0 Å². The Kier molecular flexibility index (Phi) is 5.33. The Balaban J connectivity index is 2.06. The third-order valence-electron chi connectivity index (χ3n) is 3.34. The van der Waals surface area contributed by atoms with Gasteiger partial charge in [0.05, 0.1) is 0 Å². The smallest absolute Gasteiger partial charge is 0.167 e. The predicted octanol–water partition coefficient (Wildman–Crippen LogP) is 4.85. The largest absolute Gasteiger partial charge is 0.508 e. The summed E-state index contributed by atoms with van der Waals surface area (Å²) in [6, 6.07) is 10.7. The molecule has 114 valence electrons. The first-order chi connectivity index (χ1) is 10.3. The Morgan fingerprint density at radius 3 is 2.36 bits per heavy atom. The Labute approximate surface area is 140 Å². The van der Waals surface area contributed by atoms with Crippen molar-refractivity contribution in [3.05, 3.63) is 63.7 Å². The van der Waals surface area contributed by atoms with Crippen molar-refractivity contribution in [3.63, 3.8) is 0 Å². The normalized spacial score (nSPS) is 10.5. The second kappa shape index (κ2) is 7.03. The standard InChI is InChI=1S/C18H17ClO2S/c1-11-5-12(2)7-14(6-11)18(21)10-16(22)8-13-3-4-15(19)9-17(13)20/h3-7,9,20H,8,10H2,1-2H3. The Morgan fingerprint density at radius 2 is 1.77 bits per heavy atom. The highest BCUT2D eigenvalue weighted by molar-refractivity contribution is 7.80. The number of thiocarbonyl (C=S) groups is 1. The van der Waals surface area contributed by atoms with Crippen molar-refractivity contribution >= 4 is 34.5 Å². The van der Waals surface area contributed by atoms with E-state index in [1.54, 1.807) is 12.1 Å². The quantitative estimate of drug-likeness (QED) is 0.628. The summed E-state index contributed by atoms with van der Waals surface area (Å²) in [6.45, 7) is 3.93. The van der Waals surface area contributed by atoms with Crippen LogP contribution in [0.4, 0.5) is 0 Å². The number of benzene rings is 2. The third kappa shape index (κ3) is 4.39. The molecule has 0 fully saturated rings. The Morgan fingerprint density at radius 1 is 1.14 bits per heavy atom. The van der Waals surface area contributed by atoms with E-state index in [-0.39, 0.29) is 18.0 Å². The number of carbonyl (C=O) groups is 1. The summed E-state index contributed by atoms with van der Waals surface area (Å²) in [4.78, 5) is 12.9. The van der Waals surface area contributed by atoms with Gasteiger partial charge in [-0.05, 0) is 43.7 Å². The number of phenols is 1. The van der Waals surface area contributed by atoms with E-state index < -0.39 is 0 Å². The molecule has 2 aromatic carbocycles. The van der Waals surface area contributed by atoms with Crippen molar-refractivity contribution in [1.82, 2.24) is 0 Å². The summed E-state index contributed by atoms with van der Waals surface area (Å²) in [7, 11) is 0. The van der Waals surface area contributed by atoms with Crippen LogP contribution in [-0.4, -0.2) is 15.8 Å². The van der Waals surface area contributed by atoms with Crippen LogP contribution < -0.4 is 0 Å². The van der Waals surface area contributed by atoms with E-state index >= 15 is 0 Å². The molecule has 0 unspecified atom stereocenters. The lowest BCUT2D eigenvalue weighted by molar-refractivity contribution is 0.100. The van der Waals surface area contributed by atoms with Crippen LogP contribution in [0.2, 0.25) is 5.02 Å². The molecule has 1 N–H and O–H groups in total. The molecule has 0 aromatic heterocycles. The first kappa shape index (κ1) is 16.7. The number of aromatic hydroxyl groups is 1. The van der Waals surface area contributed by atoms with Crippen LogP contribution >= 0.6 is 23.8 Å². The predicted molar refractivity (Wildman–Crippen MR) is 94.3 cm³/mol. The molecule has 0 radical (unpaired) electrons. The zero-order valence-electron chi connectivity index (χ0n) is 12.5. The fourth-order valence-electron chi connectivity index (χ4n) is 2.38. The summed E-state index contributed by atoms with van der Waals surface area (Å²) in [6.07, 6.45) is 0.579. The van der Waals surface area contributed by atoms with Crippen LogP contribution in [0.3, 0.4) is 0 Å². The highest BCUT2D eigenvalue weighted by Gasteiger charge is 2.12. The molecule has 0 amide bonds. The molecule has 0 bridgehead atoms. The lowest BCUT2D eigenvalue weighted by Gasteiger charge is -2.08. The number of aryl methyl sites for hydroxylation is 2. The van der Waals surface area contributed by atoms with Crippen molar-refractivity contribution in [2.45, 2.75) is 26.7 Å². The monoisotopic (exact) mass is 332 g/mol. The van der Waals surface area contributed by atoms with E-state index in [4.69, 9.17) is 23.8 Å². The Bertz CT molecular complexity index is 718. The first-order valence-electron chi connectivity index (χ1n) is 6.96. The molecule has 0 aliphatic carbocycles. The van der Waals surface area contributed by atoms with E-state index in [9.17, 15) is 9.90 Å². The number of hydrogen-bond donors (Lipinski definition) is 1. The van der Waals surface area contributed by atoms with Gasteiger partial charge in [0.2, 0.25) is 0 Å². The number of halogens is 1.